The van der Waals surface area contributed by atoms with Gasteiger partial charge < -0.3 is 24.8 Å². The molecule has 206 valence electrons. The van der Waals surface area contributed by atoms with E-state index >= 15 is 0 Å². The lowest BCUT2D eigenvalue weighted by Crippen LogP contribution is -2.38. The molecule has 0 spiro atoms. The number of benzene rings is 1. The molecule has 1 aromatic carbocycles. The molecule has 2 aromatic heterocycles. The van der Waals surface area contributed by atoms with Gasteiger partial charge in [-0.1, -0.05) is 6.07 Å². The number of imide groups is 1. The number of fused-ring (bicyclic) bond motifs is 1. The number of hydrogen-bond donors (Lipinski definition) is 3. The van der Waals surface area contributed by atoms with Crippen molar-refractivity contribution >= 4 is 41.1 Å². The molecule has 13 heteroatoms. The summed E-state index contributed by atoms with van der Waals surface area (Å²) in [5, 5.41) is 13.2. The molecule has 0 saturated carbocycles. The van der Waals surface area contributed by atoms with Crippen molar-refractivity contribution in [1.29, 1.82) is 0 Å². The number of rotatable bonds is 12. The fraction of sp³-hybridized carbons (Fsp3) is 0.423. The monoisotopic (exact) mass is 536 g/mol. The van der Waals surface area contributed by atoms with Crippen LogP contribution in [0.4, 0.5) is 17.6 Å². The number of carbonyl (C=O) groups is 2. The number of ether oxygens (including phenoxy) is 3. The molecule has 4 heterocycles. The van der Waals surface area contributed by atoms with Crippen molar-refractivity contribution < 1.29 is 23.8 Å². The number of anilines is 3. The van der Waals surface area contributed by atoms with Crippen molar-refractivity contribution in [2.45, 2.75) is 13.3 Å². The highest BCUT2D eigenvalue weighted by Crippen LogP contribution is 2.24. The predicted molar refractivity (Wildman–Crippen MR) is 144 cm³/mol. The van der Waals surface area contributed by atoms with E-state index in [9.17, 15) is 9.59 Å². The van der Waals surface area contributed by atoms with Crippen LogP contribution in [0.3, 0.4) is 0 Å². The van der Waals surface area contributed by atoms with Crippen molar-refractivity contribution in [2.75, 3.05) is 69.8 Å². The zero-order valence-corrected chi connectivity index (χ0v) is 21.8. The minimum Gasteiger partial charge on any atom is -0.492 e. The largest absolute Gasteiger partial charge is 0.492 e. The van der Waals surface area contributed by atoms with Gasteiger partial charge in [0.25, 0.3) is 5.91 Å². The Morgan fingerprint density at radius 3 is 2.85 bits per heavy atom. The molecule has 5 rings (SSSR count). The fourth-order valence-electron chi connectivity index (χ4n) is 4.26. The van der Waals surface area contributed by atoms with Crippen LogP contribution in [0.2, 0.25) is 0 Å². The highest BCUT2D eigenvalue weighted by atomic mass is 16.5. The van der Waals surface area contributed by atoms with Crippen LogP contribution in [0, 0.1) is 0 Å². The van der Waals surface area contributed by atoms with E-state index < -0.39 is 5.91 Å². The topological polar surface area (TPSA) is 144 Å². The first-order valence-electron chi connectivity index (χ1n) is 13.0. The first kappa shape index (κ1) is 26.5. The summed E-state index contributed by atoms with van der Waals surface area (Å²) in [6.07, 6.45) is 3.24. The van der Waals surface area contributed by atoms with Gasteiger partial charge in [0.15, 0.2) is 5.65 Å². The molecule has 2 amide bonds. The Labute approximate surface area is 225 Å². The van der Waals surface area contributed by atoms with Crippen LogP contribution in [0.5, 0.6) is 5.75 Å². The summed E-state index contributed by atoms with van der Waals surface area (Å²) in [4.78, 5) is 35.3. The van der Waals surface area contributed by atoms with Crippen LogP contribution in [0.1, 0.15) is 18.9 Å². The second-order valence-corrected chi connectivity index (χ2v) is 9.01. The van der Waals surface area contributed by atoms with Gasteiger partial charge in [-0.25, -0.2) is 0 Å². The Bertz CT molecular complexity index is 1350. The van der Waals surface area contributed by atoms with Gasteiger partial charge in [0, 0.05) is 55.7 Å². The maximum absolute atomic E-state index is 12.1. The van der Waals surface area contributed by atoms with Gasteiger partial charge in [0.2, 0.25) is 17.8 Å². The van der Waals surface area contributed by atoms with Crippen LogP contribution < -0.4 is 20.7 Å². The number of nitrogens with zero attached hydrogens (tertiary/aromatic N) is 5. The first-order valence-corrected chi connectivity index (χ1v) is 13.0. The molecule has 2 saturated heterocycles. The molecule has 2 fully saturated rings. The Kier molecular flexibility index (Phi) is 8.61. The maximum Gasteiger partial charge on any atom is 0.254 e. The smallest absolute Gasteiger partial charge is 0.254 e. The third kappa shape index (κ3) is 6.88. The van der Waals surface area contributed by atoms with Crippen LogP contribution in [-0.2, 0) is 19.1 Å². The molecule has 39 heavy (non-hydrogen) atoms. The SMILES string of the molecule is CCOCCNc1nc(Nc2cccc(OCCN3CCOCC3)c2)nc2c(/C=C3\CC(=O)NC3=O)cnn12. The molecule has 0 bridgehead atoms. The minimum atomic E-state index is -0.410. The molecule has 2 aliphatic rings. The number of morpholine rings is 1. The first-order chi connectivity index (χ1) is 19.1. The normalized spacial score (nSPS) is 17.1. The Morgan fingerprint density at radius 2 is 2.05 bits per heavy atom. The molecule has 13 nitrogen and oxygen atoms in total. The van der Waals surface area contributed by atoms with E-state index in [0.29, 0.717) is 55.0 Å². The predicted octanol–water partition coefficient (Wildman–Crippen LogP) is 1.46. The van der Waals surface area contributed by atoms with Gasteiger partial charge in [0.1, 0.15) is 12.4 Å². The maximum atomic E-state index is 12.1. The summed E-state index contributed by atoms with van der Waals surface area (Å²) >= 11 is 0. The van der Waals surface area contributed by atoms with Gasteiger partial charge in [-0.05, 0) is 25.1 Å². The standard InChI is InChI=1S/C26H32N8O5/c1-2-37-10-6-27-26-32-25(31-23-19(17-28-34(23)26)14-18-15-22(35)30-24(18)36)29-20-4-3-5-21(16-20)39-13-9-33-7-11-38-12-8-33/h3-5,14,16-17H,2,6-13,15H2,1H3,(H,30,35,36)(H2,27,29,31,32)/b18-14+. The lowest BCUT2D eigenvalue weighted by atomic mass is 10.1. The lowest BCUT2D eigenvalue weighted by Gasteiger charge is -2.26. The van der Waals surface area contributed by atoms with Crippen LogP contribution in [0.15, 0.2) is 36.0 Å². The van der Waals surface area contributed by atoms with Crippen LogP contribution in [-0.4, -0.2) is 95.5 Å². The van der Waals surface area contributed by atoms with E-state index in [-0.39, 0.29) is 12.3 Å². The molecular formula is C26H32N8O5. The summed E-state index contributed by atoms with van der Waals surface area (Å²) in [5.41, 5.74) is 2.18. The summed E-state index contributed by atoms with van der Waals surface area (Å²) in [5.74, 6) is 0.782. The molecular weight excluding hydrogens is 504 g/mol. The van der Waals surface area contributed by atoms with Gasteiger partial charge in [-0.15, -0.1) is 0 Å². The molecule has 0 atom stereocenters. The van der Waals surface area contributed by atoms with E-state index in [0.717, 1.165) is 44.3 Å². The summed E-state index contributed by atoms with van der Waals surface area (Å²) < 4.78 is 18.4. The molecule has 0 radical (unpaired) electrons. The van der Waals surface area contributed by atoms with Gasteiger partial charge >= 0.3 is 0 Å². The molecule has 3 aromatic rings. The fourth-order valence-corrected chi connectivity index (χ4v) is 4.26. The number of nitrogens with one attached hydrogen (secondary N) is 3. The van der Waals surface area contributed by atoms with Gasteiger partial charge in [0.05, 0.1) is 32.4 Å². The van der Waals surface area contributed by atoms with Crippen molar-refractivity contribution in [3.05, 3.63) is 41.6 Å². The number of aromatic nitrogens is 4. The zero-order chi connectivity index (χ0) is 27.0. The van der Waals surface area contributed by atoms with E-state index in [4.69, 9.17) is 14.2 Å². The number of hydrogen-bond acceptors (Lipinski definition) is 11. The van der Waals surface area contributed by atoms with Crippen molar-refractivity contribution in [3.63, 3.8) is 0 Å². The highest BCUT2D eigenvalue weighted by molar-refractivity contribution is 6.15. The molecule has 2 aliphatic heterocycles. The second kappa shape index (κ2) is 12.7. The molecule has 0 unspecified atom stereocenters. The number of amides is 2. The van der Waals surface area contributed by atoms with Gasteiger partial charge in [-0.2, -0.15) is 19.6 Å². The zero-order valence-electron chi connectivity index (χ0n) is 21.8. The lowest BCUT2D eigenvalue weighted by molar-refractivity contribution is -0.124. The summed E-state index contributed by atoms with van der Waals surface area (Å²) in [7, 11) is 0. The quantitative estimate of drug-likeness (QED) is 0.176. The third-order valence-electron chi connectivity index (χ3n) is 6.22. The third-order valence-corrected chi connectivity index (χ3v) is 6.22. The summed E-state index contributed by atoms with van der Waals surface area (Å²) in [6, 6.07) is 7.60. The average molecular weight is 537 g/mol. The summed E-state index contributed by atoms with van der Waals surface area (Å²) in [6.45, 7) is 8.31. The molecule has 3 N–H and O–H groups in total. The van der Waals surface area contributed by atoms with Crippen molar-refractivity contribution in [3.8, 4) is 5.75 Å². The van der Waals surface area contributed by atoms with Crippen LogP contribution >= 0.6 is 0 Å². The average Bonchev–Trinajstić information content (AvgIpc) is 3.49. The van der Waals surface area contributed by atoms with E-state index in [1.54, 1.807) is 16.8 Å². The van der Waals surface area contributed by atoms with Crippen molar-refractivity contribution in [2.24, 2.45) is 0 Å². The Balaban J connectivity index is 1.35. The van der Waals surface area contributed by atoms with Crippen LogP contribution in [0.25, 0.3) is 11.7 Å². The Hall–Kier alpha value is -4.07. The molecule has 0 aliphatic carbocycles. The van der Waals surface area contributed by atoms with Gasteiger partial charge in [-0.3, -0.25) is 19.8 Å². The van der Waals surface area contributed by atoms with Crippen molar-refractivity contribution in [1.82, 2.24) is 29.8 Å². The van der Waals surface area contributed by atoms with E-state index in [2.05, 4.69) is 35.9 Å². The number of carbonyl (C=O) groups excluding carboxylic acids is 2. The Morgan fingerprint density at radius 1 is 1.18 bits per heavy atom. The minimum absolute atomic E-state index is 0.0180. The second-order valence-electron chi connectivity index (χ2n) is 9.01. The van der Waals surface area contributed by atoms with E-state index in [1.165, 1.54) is 0 Å². The van der Waals surface area contributed by atoms with E-state index in [1.807, 2.05) is 31.2 Å². The highest BCUT2D eigenvalue weighted by Gasteiger charge is 2.24.